The molecule has 7 nitrogen and oxygen atoms in total. The van der Waals surface area contributed by atoms with Crippen LogP contribution in [0.25, 0.3) is 10.8 Å². The lowest BCUT2D eigenvalue weighted by atomic mass is 9.94. The Labute approximate surface area is 237 Å². The van der Waals surface area contributed by atoms with E-state index < -0.39 is 35.6 Å². The predicted molar refractivity (Wildman–Crippen MR) is 160 cm³/mol. The number of rotatable bonds is 9. The van der Waals surface area contributed by atoms with Crippen molar-refractivity contribution in [3.05, 3.63) is 77.9 Å². The molecule has 0 aliphatic carbocycles. The molecule has 0 bridgehead atoms. The van der Waals surface area contributed by atoms with Gasteiger partial charge in [-0.2, -0.15) is 0 Å². The number of carbonyl (C=O) groups is 3. The van der Waals surface area contributed by atoms with E-state index in [-0.39, 0.29) is 12.5 Å². The molecule has 0 aliphatic heterocycles. The van der Waals surface area contributed by atoms with Crippen molar-refractivity contribution < 1.29 is 19.1 Å². The minimum Gasteiger partial charge on any atom is -0.444 e. The van der Waals surface area contributed by atoms with Gasteiger partial charge in [0.25, 0.3) is 5.91 Å². The molecule has 0 aromatic heterocycles. The maximum Gasteiger partial charge on any atom is 0.408 e. The second-order valence-corrected chi connectivity index (χ2v) is 10.8. The van der Waals surface area contributed by atoms with Gasteiger partial charge < -0.3 is 20.3 Å². The first-order valence-electron chi connectivity index (χ1n) is 13.6. The van der Waals surface area contributed by atoms with Gasteiger partial charge in [0, 0.05) is 17.8 Å². The summed E-state index contributed by atoms with van der Waals surface area (Å²) in [5, 5.41) is 7.77. The summed E-state index contributed by atoms with van der Waals surface area (Å²) in [5.74, 6) is 1.62. The standard InChI is InChI=1S/C33H39N3O4/c1-8-22(4)28(35-32(39)40-33(5,6)7)31(38)36(10-3)29(27-18-14-13-15-23(27)9-2)30(37)34-26-20-19-24-16-11-12-17-25(24)21-26/h2,11-22,28-29H,8,10H2,1,3-7H3,(H,34,37)(H,35,39). The third-order valence-electron chi connectivity index (χ3n) is 6.76. The van der Waals surface area contributed by atoms with Crippen LogP contribution in [0, 0.1) is 18.3 Å². The Hall–Kier alpha value is -4.31. The third-order valence-corrected chi connectivity index (χ3v) is 6.76. The van der Waals surface area contributed by atoms with Gasteiger partial charge in [-0.1, -0.05) is 74.7 Å². The average Bonchev–Trinajstić information content (AvgIpc) is 2.92. The van der Waals surface area contributed by atoms with Gasteiger partial charge >= 0.3 is 6.09 Å². The highest BCUT2D eigenvalue weighted by molar-refractivity contribution is 6.00. The summed E-state index contributed by atoms with van der Waals surface area (Å²) in [4.78, 5) is 42.3. The van der Waals surface area contributed by atoms with Crippen molar-refractivity contribution in [2.45, 2.75) is 65.6 Å². The molecule has 0 spiro atoms. The Morgan fingerprint density at radius 1 is 0.975 bits per heavy atom. The van der Waals surface area contributed by atoms with Gasteiger partial charge in [0.2, 0.25) is 5.91 Å². The molecule has 40 heavy (non-hydrogen) atoms. The number of nitrogens with one attached hydrogen (secondary N) is 2. The fourth-order valence-corrected chi connectivity index (χ4v) is 4.56. The zero-order valence-electron chi connectivity index (χ0n) is 24.2. The van der Waals surface area contributed by atoms with Crippen LogP contribution < -0.4 is 10.6 Å². The number of benzene rings is 3. The molecular weight excluding hydrogens is 502 g/mol. The second kappa shape index (κ2) is 13.2. The lowest BCUT2D eigenvalue weighted by Crippen LogP contribution is -2.54. The molecule has 3 atom stereocenters. The van der Waals surface area contributed by atoms with E-state index in [1.165, 1.54) is 4.90 Å². The van der Waals surface area contributed by atoms with Gasteiger partial charge in [-0.05, 0) is 68.1 Å². The minimum absolute atomic E-state index is 0.205. The zero-order chi connectivity index (χ0) is 29.4. The number of ether oxygens (including phenoxy) is 1. The maximum absolute atomic E-state index is 14.1. The van der Waals surface area contributed by atoms with Crippen LogP contribution in [0.5, 0.6) is 0 Å². The molecule has 0 heterocycles. The van der Waals surface area contributed by atoms with Gasteiger partial charge in [0.1, 0.15) is 17.7 Å². The van der Waals surface area contributed by atoms with Crippen LogP contribution >= 0.6 is 0 Å². The molecule has 0 saturated heterocycles. The quantitative estimate of drug-likeness (QED) is 0.312. The van der Waals surface area contributed by atoms with Gasteiger partial charge in [0.15, 0.2) is 0 Å². The van der Waals surface area contributed by atoms with E-state index in [1.54, 1.807) is 52.0 Å². The molecule has 2 N–H and O–H groups in total. The zero-order valence-corrected chi connectivity index (χ0v) is 24.2. The Morgan fingerprint density at radius 3 is 2.25 bits per heavy atom. The average molecular weight is 542 g/mol. The van der Waals surface area contributed by atoms with Gasteiger partial charge in [-0.25, -0.2) is 4.79 Å². The Balaban J connectivity index is 2.03. The number of hydrogen-bond acceptors (Lipinski definition) is 4. The van der Waals surface area contributed by atoms with E-state index in [0.717, 1.165) is 10.8 Å². The van der Waals surface area contributed by atoms with Crippen LogP contribution in [0.4, 0.5) is 10.5 Å². The van der Waals surface area contributed by atoms with E-state index in [2.05, 4.69) is 16.6 Å². The van der Waals surface area contributed by atoms with Crippen LogP contribution in [-0.2, 0) is 14.3 Å². The molecule has 3 rings (SSSR count). The highest BCUT2D eigenvalue weighted by Crippen LogP contribution is 2.29. The molecule has 0 fully saturated rings. The molecule has 7 heteroatoms. The number of amides is 3. The summed E-state index contributed by atoms with van der Waals surface area (Å²) < 4.78 is 5.44. The van der Waals surface area contributed by atoms with Crippen molar-refractivity contribution in [2.24, 2.45) is 5.92 Å². The summed E-state index contributed by atoms with van der Waals surface area (Å²) in [7, 11) is 0. The fraction of sp³-hybridized carbons (Fsp3) is 0.364. The summed E-state index contributed by atoms with van der Waals surface area (Å²) >= 11 is 0. The Kier molecular flexibility index (Phi) is 9.95. The maximum atomic E-state index is 14.1. The number of carbonyl (C=O) groups excluding carboxylic acids is 3. The molecule has 3 aromatic carbocycles. The Morgan fingerprint density at radius 2 is 1.62 bits per heavy atom. The van der Waals surface area contributed by atoms with E-state index in [9.17, 15) is 14.4 Å². The van der Waals surface area contributed by atoms with Crippen molar-refractivity contribution >= 4 is 34.4 Å². The molecule has 3 amide bonds. The van der Waals surface area contributed by atoms with Crippen LogP contribution in [0.15, 0.2) is 66.7 Å². The van der Waals surface area contributed by atoms with Crippen LogP contribution in [0.2, 0.25) is 0 Å². The molecule has 0 saturated carbocycles. The predicted octanol–water partition coefficient (Wildman–Crippen LogP) is 6.29. The fourth-order valence-electron chi connectivity index (χ4n) is 4.56. The van der Waals surface area contributed by atoms with Crippen molar-refractivity contribution in [3.8, 4) is 12.3 Å². The second-order valence-electron chi connectivity index (χ2n) is 10.8. The summed E-state index contributed by atoms with van der Waals surface area (Å²) in [6.07, 6.45) is 5.75. The van der Waals surface area contributed by atoms with Gasteiger partial charge in [-0.15, -0.1) is 6.42 Å². The van der Waals surface area contributed by atoms with Crippen molar-refractivity contribution in [1.29, 1.82) is 0 Å². The van der Waals surface area contributed by atoms with Crippen molar-refractivity contribution in [2.75, 3.05) is 11.9 Å². The molecule has 210 valence electrons. The number of fused-ring (bicyclic) bond motifs is 1. The van der Waals surface area contributed by atoms with Crippen molar-refractivity contribution in [1.82, 2.24) is 10.2 Å². The normalized spacial score (nSPS) is 13.4. The molecule has 0 aliphatic rings. The number of terminal acetylenes is 1. The summed E-state index contributed by atoms with van der Waals surface area (Å²) in [6, 6.07) is 18.6. The SMILES string of the molecule is C#Cc1ccccc1C(C(=O)Nc1ccc2ccccc2c1)N(CC)C(=O)C(NC(=O)OC(C)(C)C)C(C)CC. The molecule has 3 aromatic rings. The molecular formula is C33H39N3O4. The number of nitrogens with zero attached hydrogens (tertiary/aromatic N) is 1. The molecule has 3 unspecified atom stereocenters. The first kappa shape index (κ1) is 30.2. The van der Waals surface area contributed by atoms with Gasteiger partial charge in [0.05, 0.1) is 0 Å². The van der Waals surface area contributed by atoms with E-state index >= 15 is 0 Å². The van der Waals surface area contributed by atoms with Crippen LogP contribution in [0.1, 0.15) is 65.1 Å². The molecule has 0 radical (unpaired) electrons. The van der Waals surface area contributed by atoms with Gasteiger partial charge in [-0.3, -0.25) is 9.59 Å². The lowest BCUT2D eigenvalue weighted by Gasteiger charge is -2.35. The minimum atomic E-state index is -1.04. The van der Waals surface area contributed by atoms with E-state index in [0.29, 0.717) is 23.2 Å². The number of likely N-dealkylation sites (N-methyl/N-ethyl adjacent to an activating group) is 1. The van der Waals surface area contributed by atoms with Crippen molar-refractivity contribution in [3.63, 3.8) is 0 Å². The number of hydrogen-bond donors (Lipinski definition) is 2. The highest BCUT2D eigenvalue weighted by Gasteiger charge is 2.38. The number of anilines is 1. The summed E-state index contributed by atoms with van der Waals surface area (Å²) in [5.41, 5.74) is 0.901. The first-order chi connectivity index (χ1) is 19.0. The van der Waals surface area contributed by atoms with E-state index in [4.69, 9.17) is 11.2 Å². The summed E-state index contributed by atoms with van der Waals surface area (Å²) in [6.45, 7) is 11.1. The van der Waals surface area contributed by atoms with Crippen LogP contribution in [0.3, 0.4) is 0 Å². The van der Waals surface area contributed by atoms with E-state index in [1.807, 2.05) is 56.3 Å². The first-order valence-corrected chi connectivity index (χ1v) is 13.6. The monoisotopic (exact) mass is 541 g/mol. The highest BCUT2D eigenvalue weighted by atomic mass is 16.6. The van der Waals surface area contributed by atoms with Crippen LogP contribution in [-0.4, -0.2) is 41.0 Å². The largest absolute Gasteiger partial charge is 0.444 e. The number of alkyl carbamates (subject to hydrolysis) is 1. The smallest absolute Gasteiger partial charge is 0.408 e. The Bertz CT molecular complexity index is 1400. The third kappa shape index (κ3) is 7.41. The lowest BCUT2D eigenvalue weighted by molar-refractivity contribution is -0.141. The topological polar surface area (TPSA) is 87.7 Å².